The Morgan fingerprint density at radius 2 is 1.74 bits per heavy atom. The van der Waals surface area contributed by atoms with Crippen LogP contribution >= 0.6 is 24.0 Å². The summed E-state index contributed by atoms with van der Waals surface area (Å²) in [7, 11) is 0. The van der Waals surface area contributed by atoms with E-state index >= 15 is 0 Å². The van der Waals surface area contributed by atoms with Crippen molar-refractivity contribution in [3.8, 4) is 0 Å². The van der Waals surface area contributed by atoms with Gasteiger partial charge < -0.3 is 15.5 Å². The lowest BCUT2D eigenvalue weighted by Gasteiger charge is -2.35. The monoisotopic (exact) mass is 407 g/mol. The fourth-order valence-electron chi connectivity index (χ4n) is 3.03. The molecule has 0 aromatic heterocycles. The van der Waals surface area contributed by atoms with Gasteiger partial charge in [-0.15, -0.1) is 12.4 Å². The number of amides is 2. The maximum absolute atomic E-state index is 12.5. The number of benzene rings is 2. The first-order chi connectivity index (χ1) is 12.5. The SMILES string of the molecule is Cl.NC(CC(=O)N1CCN(Cc2ccc(Cl)cc2)C(=O)C1)c1ccccc1. The van der Waals surface area contributed by atoms with Gasteiger partial charge in [-0.1, -0.05) is 54.1 Å². The summed E-state index contributed by atoms with van der Waals surface area (Å²) in [6.45, 7) is 1.68. The van der Waals surface area contributed by atoms with Crippen LogP contribution in [0.2, 0.25) is 5.02 Å². The molecule has 2 aromatic rings. The molecule has 144 valence electrons. The van der Waals surface area contributed by atoms with E-state index in [1.165, 1.54) is 0 Å². The second-order valence-corrected chi connectivity index (χ2v) is 6.91. The summed E-state index contributed by atoms with van der Waals surface area (Å²) < 4.78 is 0. The van der Waals surface area contributed by atoms with Crippen LogP contribution in [0.5, 0.6) is 0 Å². The van der Waals surface area contributed by atoms with Gasteiger partial charge in [0.25, 0.3) is 0 Å². The van der Waals surface area contributed by atoms with Crippen LogP contribution in [-0.2, 0) is 16.1 Å². The topological polar surface area (TPSA) is 66.6 Å². The molecule has 1 aliphatic heterocycles. The number of carbonyl (C=O) groups is 2. The molecular weight excluding hydrogens is 385 g/mol. The zero-order valence-electron chi connectivity index (χ0n) is 14.9. The summed E-state index contributed by atoms with van der Waals surface area (Å²) in [5.74, 6) is -0.131. The van der Waals surface area contributed by atoms with Crippen LogP contribution in [-0.4, -0.2) is 41.2 Å². The summed E-state index contributed by atoms with van der Waals surface area (Å²) >= 11 is 5.89. The minimum Gasteiger partial charge on any atom is -0.335 e. The first-order valence-electron chi connectivity index (χ1n) is 8.63. The fourth-order valence-corrected chi connectivity index (χ4v) is 3.16. The highest BCUT2D eigenvalue weighted by Crippen LogP contribution is 2.17. The molecule has 1 heterocycles. The van der Waals surface area contributed by atoms with E-state index in [4.69, 9.17) is 17.3 Å². The Bertz CT molecular complexity index is 769. The Kier molecular flexibility index (Phi) is 7.66. The largest absolute Gasteiger partial charge is 0.335 e. The van der Waals surface area contributed by atoms with Crippen LogP contribution < -0.4 is 5.73 Å². The molecule has 7 heteroatoms. The van der Waals surface area contributed by atoms with E-state index < -0.39 is 0 Å². The van der Waals surface area contributed by atoms with Gasteiger partial charge in [-0.25, -0.2) is 0 Å². The second kappa shape index (κ2) is 9.74. The molecule has 0 bridgehead atoms. The lowest BCUT2D eigenvalue weighted by molar-refractivity contribution is -0.145. The summed E-state index contributed by atoms with van der Waals surface area (Å²) in [4.78, 5) is 28.3. The zero-order valence-corrected chi connectivity index (χ0v) is 16.5. The first kappa shape index (κ1) is 21.2. The van der Waals surface area contributed by atoms with Gasteiger partial charge in [-0.3, -0.25) is 9.59 Å². The predicted octanol–water partition coefficient (Wildman–Crippen LogP) is 3.02. The normalized spacial score (nSPS) is 15.3. The summed E-state index contributed by atoms with van der Waals surface area (Å²) in [6.07, 6.45) is 0.203. The minimum atomic E-state index is -0.356. The standard InChI is InChI=1S/C20H22ClN3O2.ClH/c21-17-8-6-15(7-9-17)13-23-10-11-24(14-20(23)26)19(25)12-18(22)16-4-2-1-3-5-16;/h1-9,18H,10-14,22H2;1H. The highest BCUT2D eigenvalue weighted by molar-refractivity contribution is 6.30. The van der Waals surface area contributed by atoms with Gasteiger partial charge in [0.1, 0.15) is 0 Å². The highest BCUT2D eigenvalue weighted by Gasteiger charge is 2.28. The number of hydrogen-bond donors (Lipinski definition) is 1. The quantitative estimate of drug-likeness (QED) is 0.827. The molecule has 1 unspecified atom stereocenters. The van der Waals surface area contributed by atoms with Crippen molar-refractivity contribution in [3.05, 3.63) is 70.7 Å². The lowest BCUT2D eigenvalue weighted by Crippen LogP contribution is -2.52. The number of nitrogens with two attached hydrogens (primary N) is 1. The Morgan fingerprint density at radius 1 is 1.07 bits per heavy atom. The smallest absolute Gasteiger partial charge is 0.242 e. The Morgan fingerprint density at radius 3 is 2.37 bits per heavy atom. The molecular formula is C20H23Cl2N3O2. The van der Waals surface area contributed by atoms with Crippen molar-refractivity contribution in [2.45, 2.75) is 19.0 Å². The van der Waals surface area contributed by atoms with Gasteiger partial charge in [0.2, 0.25) is 11.8 Å². The van der Waals surface area contributed by atoms with E-state index in [9.17, 15) is 9.59 Å². The van der Waals surface area contributed by atoms with E-state index in [0.717, 1.165) is 11.1 Å². The molecule has 1 aliphatic rings. The predicted molar refractivity (Wildman–Crippen MR) is 109 cm³/mol. The minimum absolute atomic E-state index is 0. The van der Waals surface area contributed by atoms with Crippen molar-refractivity contribution in [2.75, 3.05) is 19.6 Å². The van der Waals surface area contributed by atoms with E-state index in [0.29, 0.717) is 24.7 Å². The molecule has 0 spiro atoms. The Hall–Kier alpha value is -2.08. The maximum Gasteiger partial charge on any atom is 0.242 e. The molecule has 5 nitrogen and oxygen atoms in total. The van der Waals surface area contributed by atoms with Gasteiger partial charge in [0.15, 0.2) is 0 Å². The number of rotatable bonds is 5. The second-order valence-electron chi connectivity index (χ2n) is 6.48. The van der Waals surface area contributed by atoms with Crippen molar-refractivity contribution in [2.24, 2.45) is 5.73 Å². The lowest BCUT2D eigenvalue weighted by atomic mass is 10.0. The van der Waals surface area contributed by atoms with Crippen LogP contribution in [0.25, 0.3) is 0 Å². The van der Waals surface area contributed by atoms with Crippen LogP contribution in [0.4, 0.5) is 0 Å². The van der Waals surface area contributed by atoms with Gasteiger partial charge in [-0.05, 0) is 23.3 Å². The number of halogens is 2. The van der Waals surface area contributed by atoms with Crippen molar-refractivity contribution < 1.29 is 9.59 Å². The van der Waals surface area contributed by atoms with Crippen molar-refractivity contribution in [3.63, 3.8) is 0 Å². The van der Waals surface area contributed by atoms with E-state index in [1.807, 2.05) is 54.6 Å². The van der Waals surface area contributed by atoms with Crippen LogP contribution in [0.15, 0.2) is 54.6 Å². The molecule has 0 aliphatic carbocycles. The Labute approximate surface area is 170 Å². The summed E-state index contributed by atoms with van der Waals surface area (Å²) in [6, 6.07) is 16.6. The van der Waals surface area contributed by atoms with E-state index in [2.05, 4.69) is 0 Å². The number of hydrogen-bond acceptors (Lipinski definition) is 3. The molecule has 2 aromatic carbocycles. The van der Waals surface area contributed by atoms with Gasteiger partial charge in [-0.2, -0.15) is 0 Å². The maximum atomic E-state index is 12.5. The van der Waals surface area contributed by atoms with E-state index in [-0.39, 0.29) is 43.2 Å². The Balaban J connectivity index is 0.00000261. The molecule has 0 saturated carbocycles. The average Bonchev–Trinajstić information content (AvgIpc) is 2.65. The number of piperazine rings is 1. The number of carbonyl (C=O) groups excluding carboxylic acids is 2. The molecule has 1 saturated heterocycles. The van der Waals surface area contributed by atoms with Crippen LogP contribution in [0.1, 0.15) is 23.6 Å². The number of nitrogens with zero attached hydrogens (tertiary/aromatic N) is 2. The van der Waals surface area contributed by atoms with Crippen LogP contribution in [0, 0.1) is 0 Å². The molecule has 2 N–H and O–H groups in total. The average molecular weight is 408 g/mol. The highest BCUT2D eigenvalue weighted by atomic mass is 35.5. The summed E-state index contributed by atoms with van der Waals surface area (Å²) in [5, 5.41) is 0.672. The van der Waals surface area contributed by atoms with Crippen molar-refractivity contribution in [1.82, 2.24) is 9.80 Å². The molecule has 1 fully saturated rings. The molecule has 3 rings (SSSR count). The molecule has 27 heavy (non-hydrogen) atoms. The van der Waals surface area contributed by atoms with Crippen molar-refractivity contribution >= 4 is 35.8 Å². The van der Waals surface area contributed by atoms with Gasteiger partial charge >= 0.3 is 0 Å². The molecule has 0 radical (unpaired) electrons. The first-order valence-corrected chi connectivity index (χ1v) is 9.01. The van der Waals surface area contributed by atoms with E-state index in [1.54, 1.807) is 9.80 Å². The van der Waals surface area contributed by atoms with Crippen LogP contribution in [0.3, 0.4) is 0 Å². The van der Waals surface area contributed by atoms with Gasteiger partial charge in [0, 0.05) is 37.1 Å². The third kappa shape index (κ3) is 5.70. The van der Waals surface area contributed by atoms with Crippen molar-refractivity contribution in [1.29, 1.82) is 0 Å². The molecule has 1 atom stereocenters. The molecule has 2 amide bonds. The fraction of sp³-hybridized carbons (Fsp3) is 0.300. The third-order valence-corrected chi connectivity index (χ3v) is 4.83. The van der Waals surface area contributed by atoms with Gasteiger partial charge in [0.05, 0.1) is 6.54 Å². The third-order valence-electron chi connectivity index (χ3n) is 4.58. The summed E-state index contributed by atoms with van der Waals surface area (Å²) in [5.41, 5.74) is 8.07. The zero-order chi connectivity index (χ0) is 18.5.